The smallest absolute Gasteiger partial charge is 0.0586 e. The van der Waals surface area contributed by atoms with Gasteiger partial charge in [0.15, 0.2) is 0 Å². The number of hydrogen-bond acceptors (Lipinski definition) is 3. The number of nitrogens with two attached hydrogens (primary N) is 1. The van der Waals surface area contributed by atoms with Gasteiger partial charge >= 0.3 is 0 Å². The zero-order valence-corrected chi connectivity index (χ0v) is 9.33. The molecule has 76 valence electrons. The monoisotopic (exact) mass is 221 g/mol. The molecule has 0 fully saturated rings. The van der Waals surface area contributed by atoms with Crippen LogP contribution in [0.4, 0.5) is 0 Å². The van der Waals surface area contributed by atoms with Gasteiger partial charge in [-0.15, -0.1) is 23.7 Å². The van der Waals surface area contributed by atoms with Crippen LogP contribution in [0.3, 0.4) is 0 Å². The maximum atomic E-state index is 8.74. The standard InChI is InChI=1S/C9H15NOS.ClH/c1-2-8-3-4-9(12-8)5-7(10)6-11;/h3-4,7,11H,2,5-6,10H2,1H3;1H. The van der Waals surface area contributed by atoms with Gasteiger partial charge in [0.1, 0.15) is 0 Å². The summed E-state index contributed by atoms with van der Waals surface area (Å²) in [4.78, 5) is 2.66. The second kappa shape index (κ2) is 6.38. The van der Waals surface area contributed by atoms with E-state index in [2.05, 4.69) is 19.1 Å². The molecule has 1 aromatic rings. The number of thiophene rings is 1. The Bertz CT molecular complexity index is 239. The molecule has 0 saturated carbocycles. The number of halogens is 1. The van der Waals surface area contributed by atoms with E-state index in [9.17, 15) is 0 Å². The predicted octanol–water partition coefficient (Wildman–Crippen LogP) is 1.59. The van der Waals surface area contributed by atoms with Gasteiger partial charge in [-0.1, -0.05) is 6.92 Å². The minimum atomic E-state index is -0.103. The number of aryl methyl sites for hydroxylation is 1. The van der Waals surface area contributed by atoms with Crippen LogP contribution in [-0.4, -0.2) is 17.8 Å². The maximum absolute atomic E-state index is 8.74. The minimum absolute atomic E-state index is 0. The SMILES string of the molecule is CCc1ccc(CC(N)CO)s1.Cl. The van der Waals surface area contributed by atoms with Crippen molar-refractivity contribution in [1.82, 2.24) is 0 Å². The van der Waals surface area contributed by atoms with Crippen LogP contribution in [0.25, 0.3) is 0 Å². The van der Waals surface area contributed by atoms with E-state index in [1.165, 1.54) is 9.75 Å². The Balaban J connectivity index is 0.00000144. The molecule has 0 bridgehead atoms. The van der Waals surface area contributed by atoms with Gasteiger partial charge in [0.2, 0.25) is 0 Å². The van der Waals surface area contributed by atoms with Crippen molar-refractivity contribution >= 4 is 23.7 Å². The predicted molar refractivity (Wildman–Crippen MR) is 59.7 cm³/mol. The molecule has 1 atom stereocenters. The first-order chi connectivity index (χ1) is 5.76. The molecular weight excluding hydrogens is 206 g/mol. The van der Waals surface area contributed by atoms with E-state index in [-0.39, 0.29) is 25.1 Å². The van der Waals surface area contributed by atoms with Crippen molar-refractivity contribution in [2.75, 3.05) is 6.61 Å². The van der Waals surface area contributed by atoms with E-state index in [4.69, 9.17) is 10.8 Å². The van der Waals surface area contributed by atoms with Gasteiger partial charge in [-0.2, -0.15) is 0 Å². The molecule has 0 saturated heterocycles. The highest BCUT2D eigenvalue weighted by Crippen LogP contribution is 2.17. The molecule has 0 aromatic carbocycles. The molecular formula is C9H16ClNOS. The lowest BCUT2D eigenvalue weighted by molar-refractivity contribution is 0.266. The fourth-order valence-electron chi connectivity index (χ4n) is 1.05. The van der Waals surface area contributed by atoms with E-state index >= 15 is 0 Å². The van der Waals surface area contributed by atoms with Gasteiger partial charge < -0.3 is 10.8 Å². The summed E-state index contributed by atoms with van der Waals surface area (Å²) in [7, 11) is 0. The van der Waals surface area contributed by atoms with Gasteiger partial charge in [-0.3, -0.25) is 0 Å². The molecule has 1 heterocycles. The van der Waals surface area contributed by atoms with E-state index in [1.54, 1.807) is 11.3 Å². The lowest BCUT2D eigenvalue weighted by Crippen LogP contribution is -2.26. The summed E-state index contributed by atoms with van der Waals surface area (Å²) < 4.78 is 0. The highest BCUT2D eigenvalue weighted by Gasteiger charge is 2.04. The van der Waals surface area contributed by atoms with Gasteiger partial charge in [-0.05, 0) is 25.0 Å². The summed E-state index contributed by atoms with van der Waals surface area (Å²) in [5, 5.41) is 8.74. The third kappa shape index (κ3) is 4.09. The van der Waals surface area contributed by atoms with Crippen LogP contribution in [0.5, 0.6) is 0 Å². The van der Waals surface area contributed by atoms with Crippen LogP contribution >= 0.6 is 23.7 Å². The van der Waals surface area contributed by atoms with Crippen molar-refractivity contribution < 1.29 is 5.11 Å². The summed E-state index contributed by atoms with van der Waals surface area (Å²) in [5.41, 5.74) is 5.61. The first-order valence-corrected chi connectivity index (χ1v) is 5.02. The third-order valence-corrected chi connectivity index (χ3v) is 3.02. The molecule has 0 radical (unpaired) electrons. The Kier molecular flexibility index (Phi) is 6.33. The van der Waals surface area contributed by atoms with E-state index in [0.717, 1.165) is 12.8 Å². The van der Waals surface area contributed by atoms with E-state index in [1.807, 2.05) is 0 Å². The normalized spacial score (nSPS) is 12.2. The van der Waals surface area contributed by atoms with Crippen LogP contribution in [0.2, 0.25) is 0 Å². The number of rotatable bonds is 4. The Labute approximate surface area is 89.2 Å². The average Bonchev–Trinajstić information content (AvgIpc) is 2.52. The van der Waals surface area contributed by atoms with Crippen molar-refractivity contribution in [1.29, 1.82) is 0 Å². The molecule has 0 aliphatic carbocycles. The summed E-state index contributed by atoms with van der Waals surface area (Å²) in [5.74, 6) is 0. The molecule has 1 unspecified atom stereocenters. The fraction of sp³-hybridized carbons (Fsp3) is 0.556. The number of aliphatic hydroxyl groups excluding tert-OH is 1. The van der Waals surface area contributed by atoms with E-state index < -0.39 is 0 Å². The minimum Gasteiger partial charge on any atom is -0.395 e. The molecule has 1 aromatic heterocycles. The van der Waals surface area contributed by atoms with Crippen LogP contribution in [-0.2, 0) is 12.8 Å². The summed E-state index contributed by atoms with van der Waals surface area (Å²) in [6.45, 7) is 2.21. The zero-order valence-electron chi connectivity index (χ0n) is 7.69. The van der Waals surface area contributed by atoms with Gasteiger partial charge in [0, 0.05) is 15.8 Å². The topological polar surface area (TPSA) is 46.2 Å². The largest absolute Gasteiger partial charge is 0.395 e. The highest BCUT2D eigenvalue weighted by atomic mass is 35.5. The van der Waals surface area contributed by atoms with Gasteiger partial charge in [0.05, 0.1) is 6.61 Å². The second-order valence-electron chi connectivity index (χ2n) is 2.87. The third-order valence-electron chi connectivity index (χ3n) is 1.76. The van der Waals surface area contributed by atoms with Crippen LogP contribution in [0, 0.1) is 0 Å². The zero-order chi connectivity index (χ0) is 8.97. The first-order valence-electron chi connectivity index (χ1n) is 4.20. The molecule has 3 N–H and O–H groups in total. The van der Waals surface area contributed by atoms with Crippen molar-refractivity contribution in [3.05, 3.63) is 21.9 Å². The Morgan fingerprint density at radius 2 is 2.08 bits per heavy atom. The quantitative estimate of drug-likeness (QED) is 0.812. The number of aliphatic hydroxyl groups is 1. The van der Waals surface area contributed by atoms with Gasteiger partial charge in [-0.25, -0.2) is 0 Å². The molecule has 13 heavy (non-hydrogen) atoms. The number of hydrogen-bond donors (Lipinski definition) is 2. The van der Waals surface area contributed by atoms with Crippen LogP contribution < -0.4 is 5.73 Å². The Morgan fingerprint density at radius 3 is 2.54 bits per heavy atom. The molecule has 0 aliphatic rings. The maximum Gasteiger partial charge on any atom is 0.0586 e. The molecule has 4 heteroatoms. The van der Waals surface area contributed by atoms with Crippen molar-refractivity contribution in [2.24, 2.45) is 5.73 Å². The second-order valence-corrected chi connectivity index (χ2v) is 4.12. The molecule has 1 rings (SSSR count). The Hall–Kier alpha value is -0.0900. The molecule has 0 aliphatic heterocycles. The first kappa shape index (κ1) is 12.9. The average molecular weight is 222 g/mol. The van der Waals surface area contributed by atoms with Crippen molar-refractivity contribution in [3.8, 4) is 0 Å². The molecule has 2 nitrogen and oxygen atoms in total. The lowest BCUT2D eigenvalue weighted by Gasteiger charge is -2.04. The van der Waals surface area contributed by atoms with Crippen LogP contribution in [0.15, 0.2) is 12.1 Å². The summed E-state index contributed by atoms with van der Waals surface area (Å²) in [6.07, 6.45) is 1.88. The lowest BCUT2D eigenvalue weighted by atomic mass is 10.2. The molecule has 0 amide bonds. The van der Waals surface area contributed by atoms with Crippen molar-refractivity contribution in [2.45, 2.75) is 25.8 Å². The summed E-state index contributed by atoms with van der Waals surface area (Å²) in [6, 6.07) is 4.12. The van der Waals surface area contributed by atoms with E-state index in [0.29, 0.717) is 0 Å². The van der Waals surface area contributed by atoms with Gasteiger partial charge in [0.25, 0.3) is 0 Å². The fourth-order valence-corrected chi connectivity index (χ4v) is 2.10. The van der Waals surface area contributed by atoms with Crippen LogP contribution in [0.1, 0.15) is 16.7 Å². The Morgan fingerprint density at radius 1 is 1.46 bits per heavy atom. The summed E-state index contributed by atoms with van der Waals surface area (Å²) >= 11 is 1.79. The highest BCUT2D eigenvalue weighted by molar-refractivity contribution is 7.11. The molecule has 0 spiro atoms. The van der Waals surface area contributed by atoms with Crippen molar-refractivity contribution in [3.63, 3.8) is 0 Å².